The van der Waals surface area contributed by atoms with Crippen molar-refractivity contribution in [2.75, 3.05) is 0 Å². The van der Waals surface area contributed by atoms with Crippen LogP contribution in [-0.4, -0.2) is 26.1 Å². The lowest BCUT2D eigenvalue weighted by atomic mass is 10.1. The van der Waals surface area contributed by atoms with Crippen LogP contribution in [0.4, 0.5) is 0 Å². The Morgan fingerprint density at radius 1 is 1.04 bits per heavy atom. The third kappa shape index (κ3) is 4.34. The molecule has 0 unspecified atom stereocenters. The van der Waals surface area contributed by atoms with E-state index in [0.29, 0.717) is 18.7 Å². The van der Waals surface area contributed by atoms with Crippen LogP contribution in [0.25, 0.3) is 11.3 Å². The van der Waals surface area contributed by atoms with Crippen LogP contribution in [0.15, 0.2) is 54.6 Å². The minimum Gasteiger partial charge on any atom is -0.478 e. The molecular formula is C20H22N4O2. The van der Waals surface area contributed by atoms with Crippen molar-refractivity contribution in [2.24, 2.45) is 0 Å². The summed E-state index contributed by atoms with van der Waals surface area (Å²) in [6, 6.07) is 16.9. The third-order valence-corrected chi connectivity index (χ3v) is 4.02. The van der Waals surface area contributed by atoms with Crippen LogP contribution < -0.4 is 5.32 Å². The van der Waals surface area contributed by atoms with Crippen molar-refractivity contribution in [1.82, 2.24) is 20.3 Å². The van der Waals surface area contributed by atoms with Gasteiger partial charge in [0.15, 0.2) is 0 Å². The Morgan fingerprint density at radius 2 is 1.77 bits per heavy atom. The topological polar surface area (TPSA) is 80.0 Å². The van der Waals surface area contributed by atoms with Gasteiger partial charge in [0.1, 0.15) is 11.4 Å². The van der Waals surface area contributed by atoms with Gasteiger partial charge in [0, 0.05) is 18.7 Å². The number of nitrogens with zero attached hydrogens (tertiary/aromatic N) is 3. The van der Waals surface area contributed by atoms with E-state index in [1.165, 1.54) is 0 Å². The van der Waals surface area contributed by atoms with Gasteiger partial charge in [0.05, 0.1) is 12.1 Å². The monoisotopic (exact) mass is 350 g/mol. The van der Waals surface area contributed by atoms with Crippen LogP contribution >= 0.6 is 0 Å². The maximum absolute atomic E-state index is 10.9. The molecule has 0 aliphatic rings. The molecule has 1 heterocycles. The summed E-state index contributed by atoms with van der Waals surface area (Å²) in [5.41, 5.74) is 4.18. The van der Waals surface area contributed by atoms with Gasteiger partial charge in [0.2, 0.25) is 0 Å². The first-order chi connectivity index (χ1) is 12.7. The highest BCUT2D eigenvalue weighted by Crippen LogP contribution is 2.20. The average molecular weight is 350 g/mol. The smallest absolute Gasteiger partial charge is 0.335 e. The summed E-state index contributed by atoms with van der Waals surface area (Å²) >= 11 is 0. The highest BCUT2D eigenvalue weighted by Gasteiger charge is 2.12. The first-order valence-corrected chi connectivity index (χ1v) is 8.69. The summed E-state index contributed by atoms with van der Waals surface area (Å²) < 4.78 is 0. The summed E-state index contributed by atoms with van der Waals surface area (Å²) in [5.74, 6) is -0.912. The molecule has 134 valence electrons. The number of nitrogens with one attached hydrogen (secondary N) is 1. The summed E-state index contributed by atoms with van der Waals surface area (Å²) in [5, 5.41) is 21.6. The first kappa shape index (κ1) is 17.8. The van der Waals surface area contributed by atoms with Crippen molar-refractivity contribution in [3.05, 3.63) is 71.4 Å². The van der Waals surface area contributed by atoms with Crippen molar-refractivity contribution in [3.8, 4) is 11.3 Å². The fourth-order valence-corrected chi connectivity index (χ4v) is 2.71. The van der Waals surface area contributed by atoms with Crippen LogP contribution in [0.2, 0.25) is 0 Å². The molecule has 6 nitrogen and oxygen atoms in total. The molecule has 0 radical (unpaired) electrons. The Balaban J connectivity index is 1.69. The molecule has 0 aliphatic carbocycles. The second kappa shape index (κ2) is 8.40. The fourth-order valence-electron chi connectivity index (χ4n) is 2.71. The Hall–Kier alpha value is -2.99. The Morgan fingerprint density at radius 3 is 2.42 bits per heavy atom. The zero-order chi connectivity index (χ0) is 18.4. The Labute approximate surface area is 152 Å². The normalized spacial score (nSPS) is 10.8. The lowest BCUT2D eigenvalue weighted by molar-refractivity contribution is 0.0697. The van der Waals surface area contributed by atoms with Crippen LogP contribution in [-0.2, 0) is 19.6 Å². The van der Waals surface area contributed by atoms with E-state index in [9.17, 15) is 4.79 Å². The number of hydrogen-bond donors (Lipinski definition) is 2. The quantitative estimate of drug-likeness (QED) is 0.651. The number of carboxylic acid groups (broad SMARTS) is 1. The largest absolute Gasteiger partial charge is 0.478 e. The number of aromatic nitrogens is 3. The number of hydrogen-bond acceptors (Lipinski definition) is 4. The van der Waals surface area contributed by atoms with E-state index in [4.69, 9.17) is 5.11 Å². The standard InChI is InChI=1S/C20H22N4O2/c1-2-12-24-22-18(19(23-24)16-6-4-3-5-7-16)14-21-13-15-8-10-17(11-9-15)20(25)26/h3-11,21H,2,12-14H2,1H3,(H,25,26). The van der Waals surface area contributed by atoms with E-state index in [0.717, 1.165) is 35.5 Å². The maximum atomic E-state index is 10.9. The molecule has 0 aliphatic heterocycles. The second-order valence-corrected chi connectivity index (χ2v) is 6.06. The molecule has 1 aromatic heterocycles. The Kier molecular flexibility index (Phi) is 5.76. The number of benzene rings is 2. The van der Waals surface area contributed by atoms with Gasteiger partial charge < -0.3 is 10.4 Å². The number of carbonyl (C=O) groups is 1. The molecule has 0 atom stereocenters. The molecule has 2 N–H and O–H groups in total. The van der Waals surface area contributed by atoms with Gasteiger partial charge in [-0.25, -0.2) is 4.79 Å². The zero-order valence-corrected chi connectivity index (χ0v) is 14.7. The van der Waals surface area contributed by atoms with Crippen molar-refractivity contribution in [2.45, 2.75) is 33.0 Å². The van der Waals surface area contributed by atoms with E-state index in [-0.39, 0.29) is 0 Å². The first-order valence-electron chi connectivity index (χ1n) is 8.69. The molecule has 0 amide bonds. The van der Waals surface area contributed by atoms with E-state index in [1.54, 1.807) is 16.9 Å². The Bertz CT molecular complexity index is 857. The van der Waals surface area contributed by atoms with Gasteiger partial charge in [-0.1, -0.05) is 49.4 Å². The summed E-state index contributed by atoms with van der Waals surface area (Å²) in [4.78, 5) is 12.7. The highest BCUT2D eigenvalue weighted by molar-refractivity contribution is 5.87. The minimum absolute atomic E-state index is 0.294. The third-order valence-electron chi connectivity index (χ3n) is 4.02. The maximum Gasteiger partial charge on any atom is 0.335 e. The van der Waals surface area contributed by atoms with E-state index in [1.807, 2.05) is 42.5 Å². The lowest BCUT2D eigenvalue weighted by Crippen LogP contribution is -2.14. The predicted octanol–water partition coefficient (Wildman–Crippen LogP) is 3.34. The molecule has 2 aromatic carbocycles. The van der Waals surface area contributed by atoms with E-state index in [2.05, 4.69) is 22.4 Å². The number of rotatable bonds is 8. The predicted molar refractivity (Wildman–Crippen MR) is 99.7 cm³/mol. The van der Waals surface area contributed by atoms with Crippen molar-refractivity contribution < 1.29 is 9.90 Å². The fraction of sp³-hybridized carbons (Fsp3) is 0.250. The van der Waals surface area contributed by atoms with E-state index < -0.39 is 5.97 Å². The molecule has 26 heavy (non-hydrogen) atoms. The van der Waals surface area contributed by atoms with Gasteiger partial charge in [-0.05, 0) is 24.1 Å². The summed E-state index contributed by atoms with van der Waals surface area (Å²) in [7, 11) is 0. The zero-order valence-electron chi connectivity index (χ0n) is 14.7. The van der Waals surface area contributed by atoms with Crippen LogP contribution in [0.3, 0.4) is 0 Å². The summed E-state index contributed by atoms with van der Waals surface area (Å²) in [6.07, 6.45) is 0.978. The van der Waals surface area contributed by atoms with Crippen molar-refractivity contribution in [1.29, 1.82) is 0 Å². The second-order valence-electron chi connectivity index (χ2n) is 6.06. The molecule has 0 bridgehead atoms. The van der Waals surface area contributed by atoms with E-state index >= 15 is 0 Å². The number of carboxylic acids is 1. The molecular weight excluding hydrogens is 328 g/mol. The minimum atomic E-state index is -0.912. The number of aryl methyl sites for hydroxylation is 1. The van der Waals surface area contributed by atoms with Gasteiger partial charge in [-0.2, -0.15) is 15.0 Å². The van der Waals surface area contributed by atoms with Crippen molar-refractivity contribution >= 4 is 5.97 Å². The molecule has 0 fully saturated rings. The molecule has 0 saturated heterocycles. The van der Waals surface area contributed by atoms with Gasteiger partial charge in [0.25, 0.3) is 0 Å². The van der Waals surface area contributed by atoms with Gasteiger partial charge in [-0.3, -0.25) is 0 Å². The van der Waals surface area contributed by atoms with Gasteiger partial charge >= 0.3 is 5.97 Å². The van der Waals surface area contributed by atoms with Crippen LogP contribution in [0.1, 0.15) is 35.0 Å². The average Bonchev–Trinajstić information content (AvgIpc) is 3.06. The number of aromatic carboxylic acids is 1. The van der Waals surface area contributed by atoms with Crippen LogP contribution in [0.5, 0.6) is 0 Å². The molecule has 3 rings (SSSR count). The molecule has 6 heteroatoms. The SMILES string of the molecule is CCCn1nc(CNCc2ccc(C(=O)O)cc2)c(-c2ccccc2)n1. The van der Waals surface area contributed by atoms with Gasteiger partial charge in [-0.15, -0.1) is 0 Å². The lowest BCUT2D eigenvalue weighted by Gasteiger charge is -2.05. The summed E-state index contributed by atoms with van der Waals surface area (Å²) in [6.45, 7) is 4.12. The molecule has 3 aromatic rings. The van der Waals surface area contributed by atoms with Crippen molar-refractivity contribution in [3.63, 3.8) is 0 Å². The highest BCUT2D eigenvalue weighted by atomic mass is 16.4. The molecule has 0 saturated carbocycles. The molecule has 0 spiro atoms. The van der Waals surface area contributed by atoms with Crippen LogP contribution in [0, 0.1) is 0 Å².